The van der Waals surface area contributed by atoms with Crippen molar-refractivity contribution in [3.8, 4) is 0 Å². The molecule has 2 aliphatic carbocycles. The molecule has 0 aliphatic heterocycles. The van der Waals surface area contributed by atoms with E-state index in [4.69, 9.17) is 5.11 Å². The van der Waals surface area contributed by atoms with E-state index in [2.05, 4.69) is 0 Å². The van der Waals surface area contributed by atoms with Gasteiger partial charge in [-0.2, -0.15) is 0 Å². The molecule has 1 heteroatoms. The first-order chi connectivity index (χ1) is 5.93. The summed E-state index contributed by atoms with van der Waals surface area (Å²) in [5.74, 6) is 0.653. The van der Waals surface area contributed by atoms with Crippen LogP contribution in [0.1, 0.15) is 57.8 Å². The van der Waals surface area contributed by atoms with Gasteiger partial charge >= 0.3 is 0 Å². The second kappa shape index (κ2) is 6.47. The molecule has 1 nitrogen and oxygen atoms in total. The smallest absolute Gasteiger partial charge is 0.0459 e. The predicted molar refractivity (Wildman–Crippen MR) is 52.1 cm³/mol. The van der Waals surface area contributed by atoms with Crippen LogP contribution in [0.4, 0.5) is 0 Å². The van der Waals surface area contributed by atoms with Gasteiger partial charge in [-0.3, -0.25) is 0 Å². The van der Waals surface area contributed by atoms with Crippen molar-refractivity contribution >= 4 is 0 Å². The summed E-state index contributed by atoms with van der Waals surface area (Å²) in [4.78, 5) is 0. The minimum absolute atomic E-state index is 0.417. The SMILES string of the molecule is C1CCCC1.OCC1CCCC1. The lowest BCUT2D eigenvalue weighted by molar-refractivity contribution is 0.230. The molecule has 0 spiro atoms. The molecule has 0 aromatic rings. The van der Waals surface area contributed by atoms with Crippen molar-refractivity contribution in [2.45, 2.75) is 57.8 Å². The Morgan fingerprint density at radius 2 is 1.17 bits per heavy atom. The predicted octanol–water partition coefficient (Wildman–Crippen LogP) is 3.12. The van der Waals surface area contributed by atoms with Crippen molar-refractivity contribution in [3.63, 3.8) is 0 Å². The molecule has 0 aromatic carbocycles. The molecule has 0 amide bonds. The highest BCUT2D eigenvalue weighted by molar-refractivity contribution is 4.64. The van der Waals surface area contributed by atoms with Gasteiger partial charge in [-0.05, 0) is 18.8 Å². The largest absolute Gasteiger partial charge is 0.396 e. The Kier molecular flexibility index (Phi) is 5.42. The second-order valence-electron chi connectivity index (χ2n) is 4.10. The maximum absolute atomic E-state index is 8.57. The molecule has 12 heavy (non-hydrogen) atoms. The van der Waals surface area contributed by atoms with E-state index in [-0.39, 0.29) is 0 Å². The molecule has 0 bridgehead atoms. The fraction of sp³-hybridized carbons (Fsp3) is 1.00. The molecule has 0 radical (unpaired) electrons. The zero-order chi connectivity index (χ0) is 8.65. The minimum atomic E-state index is 0.417. The van der Waals surface area contributed by atoms with Crippen LogP contribution in [0.5, 0.6) is 0 Å². The number of hydrogen-bond donors (Lipinski definition) is 1. The van der Waals surface area contributed by atoms with E-state index in [9.17, 15) is 0 Å². The van der Waals surface area contributed by atoms with Gasteiger partial charge in [0.25, 0.3) is 0 Å². The van der Waals surface area contributed by atoms with Gasteiger partial charge in [0, 0.05) is 6.61 Å². The normalized spacial score (nSPS) is 23.8. The van der Waals surface area contributed by atoms with E-state index in [0.29, 0.717) is 12.5 Å². The average Bonchev–Trinajstić information content (AvgIpc) is 2.81. The second-order valence-corrected chi connectivity index (χ2v) is 4.10. The van der Waals surface area contributed by atoms with Crippen LogP contribution in [0.25, 0.3) is 0 Å². The summed E-state index contributed by atoms with van der Waals surface area (Å²) in [6.45, 7) is 0.417. The van der Waals surface area contributed by atoms with Crippen LogP contribution in [0.3, 0.4) is 0 Å². The summed E-state index contributed by atoms with van der Waals surface area (Å²) in [5.41, 5.74) is 0. The van der Waals surface area contributed by atoms with Gasteiger partial charge in [0.2, 0.25) is 0 Å². The van der Waals surface area contributed by atoms with Gasteiger partial charge in [-0.1, -0.05) is 44.9 Å². The summed E-state index contributed by atoms with van der Waals surface area (Å²) in [5, 5.41) is 8.57. The fourth-order valence-corrected chi connectivity index (χ4v) is 2.08. The van der Waals surface area contributed by atoms with Crippen LogP contribution in [0, 0.1) is 5.92 Å². The Balaban J connectivity index is 0.000000127. The van der Waals surface area contributed by atoms with E-state index < -0.39 is 0 Å². The van der Waals surface area contributed by atoms with Gasteiger partial charge < -0.3 is 5.11 Å². The molecular weight excluding hydrogens is 148 g/mol. The topological polar surface area (TPSA) is 20.2 Å². The average molecular weight is 170 g/mol. The van der Waals surface area contributed by atoms with Crippen molar-refractivity contribution in [2.24, 2.45) is 5.92 Å². The van der Waals surface area contributed by atoms with E-state index in [1.165, 1.54) is 57.8 Å². The van der Waals surface area contributed by atoms with Crippen molar-refractivity contribution < 1.29 is 5.11 Å². The van der Waals surface area contributed by atoms with Crippen LogP contribution in [0.15, 0.2) is 0 Å². The highest BCUT2D eigenvalue weighted by Gasteiger charge is 2.12. The van der Waals surface area contributed by atoms with E-state index in [1.54, 1.807) is 0 Å². The Bertz CT molecular complexity index is 83.6. The van der Waals surface area contributed by atoms with Gasteiger partial charge in [0.1, 0.15) is 0 Å². The zero-order valence-corrected chi connectivity index (χ0v) is 8.10. The molecule has 2 aliphatic rings. The Morgan fingerprint density at radius 1 is 0.750 bits per heavy atom. The number of rotatable bonds is 1. The van der Waals surface area contributed by atoms with Crippen molar-refractivity contribution in [1.82, 2.24) is 0 Å². The zero-order valence-electron chi connectivity index (χ0n) is 8.10. The van der Waals surface area contributed by atoms with Crippen molar-refractivity contribution in [3.05, 3.63) is 0 Å². The number of hydrogen-bond acceptors (Lipinski definition) is 1. The molecule has 2 saturated carbocycles. The van der Waals surface area contributed by atoms with Gasteiger partial charge in [0.05, 0.1) is 0 Å². The van der Waals surface area contributed by atoms with Crippen LogP contribution in [0.2, 0.25) is 0 Å². The van der Waals surface area contributed by atoms with Gasteiger partial charge in [0.15, 0.2) is 0 Å². The maximum atomic E-state index is 8.57. The molecule has 0 unspecified atom stereocenters. The lowest BCUT2D eigenvalue weighted by Gasteiger charge is -1.98. The highest BCUT2D eigenvalue weighted by atomic mass is 16.3. The maximum Gasteiger partial charge on any atom is 0.0459 e. The minimum Gasteiger partial charge on any atom is -0.396 e. The molecule has 1 N–H and O–H groups in total. The van der Waals surface area contributed by atoms with Crippen molar-refractivity contribution in [1.29, 1.82) is 0 Å². The molecule has 2 rings (SSSR count). The third-order valence-corrected chi connectivity index (χ3v) is 2.98. The van der Waals surface area contributed by atoms with E-state index in [0.717, 1.165) is 0 Å². The lowest BCUT2D eigenvalue weighted by atomic mass is 10.1. The molecular formula is C11H22O. The molecule has 0 heterocycles. The van der Waals surface area contributed by atoms with Crippen molar-refractivity contribution in [2.75, 3.05) is 6.61 Å². The van der Waals surface area contributed by atoms with Crippen LogP contribution in [-0.4, -0.2) is 11.7 Å². The fourth-order valence-electron chi connectivity index (χ4n) is 2.08. The monoisotopic (exact) mass is 170 g/mol. The third kappa shape index (κ3) is 4.10. The molecule has 0 aromatic heterocycles. The highest BCUT2D eigenvalue weighted by Crippen LogP contribution is 2.23. The Morgan fingerprint density at radius 3 is 1.42 bits per heavy atom. The Labute approximate surface area is 76.2 Å². The molecule has 0 saturated heterocycles. The first-order valence-corrected chi connectivity index (χ1v) is 5.54. The van der Waals surface area contributed by atoms with Crippen LogP contribution in [-0.2, 0) is 0 Å². The number of aliphatic hydroxyl groups is 1. The summed E-state index contributed by atoms with van der Waals surface area (Å²) in [7, 11) is 0. The summed E-state index contributed by atoms with van der Waals surface area (Å²) >= 11 is 0. The quantitative estimate of drug-likeness (QED) is 0.641. The summed E-state index contributed by atoms with van der Waals surface area (Å²) in [6.07, 6.45) is 12.7. The first kappa shape index (κ1) is 10.0. The summed E-state index contributed by atoms with van der Waals surface area (Å²) in [6, 6.07) is 0. The third-order valence-electron chi connectivity index (χ3n) is 2.98. The first-order valence-electron chi connectivity index (χ1n) is 5.54. The standard InChI is InChI=1S/C6H12O.C5H10/c7-5-6-3-1-2-4-6;1-2-4-5-3-1/h6-7H,1-5H2;1-5H2. The van der Waals surface area contributed by atoms with Gasteiger partial charge in [-0.25, -0.2) is 0 Å². The molecule has 72 valence electrons. The van der Waals surface area contributed by atoms with E-state index >= 15 is 0 Å². The van der Waals surface area contributed by atoms with Gasteiger partial charge in [-0.15, -0.1) is 0 Å². The van der Waals surface area contributed by atoms with Crippen LogP contribution >= 0.6 is 0 Å². The number of aliphatic hydroxyl groups excluding tert-OH is 1. The van der Waals surface area contributed by atoms with Crippen LogP contribution < -0.4 is 0 Å². The lowest BCUT2D eigenvalue weighted by Crippen LogP contribution is -1.97. The molecule has 0 atom stereocenters. The Hall–Kier alpha value is -0.0400. The molecule has 2 fully saturated rings. The summed E-state index contributed by atoms with van der Waals surface area (Å²) < 4.78 is 0. The van der Waals surface area contributed by atoms with E-state index in [1.807, 2.05) is 0 Å².